The van der Waals surface area contributed by atoms with Gasteiger partial charge in [-0.15, -0.1) is 0 Å². The SMILES string of the molecule is COc1ccc(CC[NH2+]CCc2c[nH]c3ccccc23)cc1OC. The first-order chi connectivity index (χ1) is 11.8. The highest BCUT2D eigenvalue weighted by molar-refractivity contribution is 5.82. The van der Waals surface area contributed by atoms with Crippen LogP contribution in [-0.4, -0.2) is 32.3 Å². The van der Waals surface area contributed by atoms with Crippen LogP contribution in [0.4, 0.5) is 0 Å². The van der Waals surface area contributed by atoms with Crippen LogP contribution in [0.15, 0.2) is 48.7 Å². The number of ether oxygens (including phenoxy) is 2. The zero-order valence-electron chi connectivity index (χ0n) is 14.3. The monoisotopic (exact) mass is 325 g/mol. The second-order valence-electron chi connectivity index (χ2n) is 5.91. The number of quaternary nitrogens is 1. The number of fused-ring (bicyclic) bond motifs is 1. The zero-order chi connectivity index (χ0) is 16.8. The summed E-state index contributed by atoms with van der Waals surface area (Å²) in [4.78, 5) is 3.34. The Bertz CT molecular complexity index is 795. The van der Waals surface area contributed by atoms with Crippen LogP contribution in [0.2, 0.25) is 0 Å². The summed E-state index contributed by atoms with van der Waals surface area (Å²) in [6.07, 6.45) is 4.23. The summed E-state index contributed by atoms with van der Waals surface area (Å²) in [5.74, 6) is 1.58. The third-order valence-corrected chi connectivity index (χ3v) is 4.38. The molecule has 3 N–H and O–H groups in total. The van der Waals surface area contributed by atoms with Gasteiger partial charge in [0.15, 0.2) is 11.5 Å². The molecular weight excluding hydrogens is 300 g/mol. The topological polar surface area (TPSA) is 50.9 Å². The van der Waals surface area contributed by atoms with Gasteiger partial charge in [-0.3, -0.25) is 0 Å². The van der Waals surface area contributed by atoms with Crippen molar-refractivity contribution in [2.45, 2.75) is 12.8 Å². The van der Waals surface area contributed by atoms with E-state index in [4.69, 9.17) is 9.47 Å². The fourth-order valence-electron chi connectivity index (χ4n) is 3.05. The van der Waals surface area contributed by atoms with E-state index in [1.54, 1.807) is 14.2 Å². The van der Waals surface area contributed by atoms with Crippen LogP contribution in [0.25, 0.3) is 10.9 Å². The van der Waals surface area contributed by atoms with E-state index in [1.807, 2.05) is 6.07 Å². The Morgan fingerprint density at radius 3 is 2.54 bits per heavy atom. The van der Waals surface area contributed by atoms with E-state index in [0.717, 1.165) is 37.4 Å². The average Bonchev–Trinajstić information content (AvgIpc) is 3.04. The molecule has 0 saturated heterocycles. The molecule has 4 nitrogen and oxygen atoms in total. The van der Waals surface area contributed by atoms with Crippen molar-refractivity contribution in [2.75, 3.05) is 27.3 Å². The smallest absolute Gasteiger partial charge is 0.160 e. The predicted octanol–water partition coefficient (Wildman–Crippen LogP) is 2.53. The van der Waals surface area contributed by atoms with Gasteiger partial charge in [-0.05, 0) is 29.3 Å². The molecule has 3 rings (SSSR count). The molecule has 1 heterocycles. The van der Waals surface area contributed by atoms with Crippen molar-refractivity contribution in [1.29, 1.82) is 0 Å². The van der Waals surface area contributed by atoms with Gasteiger partial charge >= 0.3 is 0 Å². The van der Waals surface area contributed by atoms with Crippen molar-refractivity contribution in [2.24, 2.45) is 0 Å². The van der Waals surface area contributed by atoms with Gasteiger partial charge in [0.25, 0.3) is 0 Å². The van der Waals surface area contributed by atoms with Gasteiger partial charge in [0.05, 0.1) is 27.3 Å². The number of nitrogens with one attached hydrogen (secondary N) is 1. The molecule has 1 aromatic heterocycles. The molecule has 0 saturated carbocycles. The van der Waals surface area contributed by atoms with Gasteiger partial charge in [0.2, 0.25) is 0 Å². The molecule has 2 aromatic carbocycles. The molecule has 4 heteroatoms. The third kappa shape index (κ3) is 3.71. The Morgan fingerprint density at radius 2 is 1.71 bits per heavy atom. The fraction of sp³-hybridized carbons (Fsp3) is 0.300. The summed E-state index contributed by atoms with van der Waals surface area (Å²) in [5, 5.41) is 3.71. The number of rotatable bonds is 8. The molecule has 24 heavy (non-hydrogen) atoms. The molecular formula is C20H25N2O2+. The van der Waals surface area contributed by atoms with E-state index in [0.29, 0.717) is 0 Å². The number of H-pyrrole nitrogens is 1. The molecule has 0 unspecified atom stereocenters. The van der Waals surface area contributed by atoms with Crippen molar-refractivity contribution < 1.29 is 14.8 Å². The second kappa shape index (κ2) is 7.88. The minimum atomic E-state index is 0.782. The van der Waals surface area contributed by atoms with E-state index in [-0.39, 0.29) is 0 Å². The van der Waals surface area contributed by atoms with Crippen molar-refractivity contribution in [3.63, 3.8) is 0 Å². The van der Waals surface area contributed by atoms with Gasteiger partial charge < -0.3 is 19.8 Å². The Labute approximate surface area is 142 Å². The van der Waals surface area contributed by atoms with E-state index < -0.39 is 0 Å². The van der Waals surface area contributed by atoms with Crippen molar-refractivity contribution >= 4 is 10.9 Å². The Balaban J connectivity index is 1.47. The predicted molar refractivity (Wildman–Crippen MR) is 96.9 cm³/mol. The molecule has 0 aliphatic carbocycles. The van der Waals surface area contributed by atoms with E-state index in [9.17, 15) is 0 Å². The van der Waals surface area contributed by atoms with Crippen LogP contribution in [0.5, 0.6) is 11.5 Å². The van der Waals surface area contributed by atoms with Crippen molar-refractivity contribution in [3.05, 3.63) is 59.8 Å². The summed E-state index contributed by atoms with van der Waals surface area (Å²) >= 11 is 0. The molecule has 3 aromatic rings. The molecule has 0 amide bonds. The van der Waals surface area contributed by atoms with E-state index >= 15 is 0 Å². The first-order valence-corrected chi connectivity index (χ1v) is 8.39. The minimum absolute atomic E-state index is 0.782. The van der Waals surface area contributed by atoms with Crippen molar-refractivity contribution in [1.82, 2.24) is 4.98 Å². The number of aromatic amines is 1. The van der Waals surface area contributed by atoms with Crippen LogP contribution >= 0.6 is 0 Å². The lowest BCUT2D eigenvalue weighted by Crippen LogP contribution is -2.85. The molecule has 0 aliphatic rings. The lowest BCUT2D eigenvalue weighted by Gasteiger charge is -2.09. The van der Waals surface area contributed by atoms with Gasteiger partial charge in [-0.2, -0.15) is 0 Å². The highest BCUT2D eigenvalue weighted by Crippen LogP contribution is 2.27. The van der Waals surface area contributed by atoms with Crippen LogP contribution in [-0.2, 0) is 12.8 Å². The maximum Gasteiger partial charge on any atom is 0.160 e. The first-order valence-electron chi connectivity index (χ1n) is 8.39. The second-order valence-corrected chi connectivity index (χ2v) is 5.91. The minimum Gasteiger partial charge on any atom is -0.493 e. The molecule has 126 valence electrons. The van der Waals surface area contributed by atoms with Crippen LogP contribution in [0.1, 0.15) is 11.1 Å². The number of hydrogen-bond acceptors (Lipinski definition) is 2. The van der Waals surface area contributed by atoms with Gasteiger partial charge in [-0.1, -0.05) is 24.3 Å². The summed E-state index contributed by atoms with van der Waals surface area (Å²) in [7, 11) is 3.34. The highest BCUT2D eigenvalue weighted by Gasteiger charge is 2.06. The van der Waals surface area contributed by atoms with Gasteiger partial charge in [0.1, 0.15) is 0 Å². The number of benzene rings is 2. The number of aromatic nitrogens is 1. The zero-order valence-corrected chi connectivity index (χ0v) is 14.3. The van der Waals surface area contributed by atoms with Gasteiger partial charge in [-0.25, -0.2) is 0 Å². The number of para-hydroxylation sites is 1. The molecule has 0 atom stereocenters. The lowest BCUT2D eigenvalue weighted by molar-refractivity contribution is -0.653. The van der Waals surface area contributed by atoms with Gasteiger partial charge in [0, 0.05) is 29.9 Å². The highest BCUT2D eigenvalue weighted by atomic mass is 16.5. The standard InChI is InChI=1S/C20H24N2O2/c1-23-19-8-7-15(13-20(19)24-2)9-11-21-12-10-16-14-22-18-6-4-3-5-17(16)18/h3-8,13-14,21-22H,9-12H2,1-2H3/p+1. The van der Waals surface area contributed by atoms with Crippen LogP contribution < -0.4 is 14.8 Å². The quantitative estimate of drug-likeness (QED) is 0.625. The fourth-order valence-corrected chi connectivity index (χ4v) is 3.05. The number of nitrogens with two attached hydrogens (primary N) is 1. The molecule has 0 spiro atoms. The summed E-state index contributed by atoms with van der Waals surface area (Å²) in [5.41, 5.74) is 3.89. The summed E-state index contributed by atoms with van der Waals surface area (Å²) in [6.45, 7) is 2.16. The summed E-state index contributed by atoms with van der Waals surface area (Å²) < 4.78 is 10.6. The van der Waals surface area contributed by atoms with E-state index in [1.165, 1.54) is 22.0 Å². The molecule has 0 radical (unpaired) electrons. The number of methoxy groups -OCH3 is 2. The van der Waals surface area contributed by atoms with Crippen molar-refractivity contribution in [3.8, 4) is 11.5 Å². The Hall–Kier alpha value is -2.46. The summed E-state index contributed by atoms with van der Waals surface area (Å²) in [6, 6.07) is 14.6. The maximum absolute atomic E-state index is 5.36. The Kier molecular flexibility index (Phi) is 5.39. The molecule has 0 bridgehead atoms. The Morgan fingerprint density at radius 1 is 0.917 bits per heavy atom. The normalized spacial score (nSPS) is 10.9. The average molecular weight is 325 g/mol. The van der Waals surface area contributed by atoms with E-state index in [2.05, 4.69) is 52.9 Å². The molecule has 0 fully saturated rings. The van der Waals surface area contributed by atoms with Crippen LogP contribution in [0.3, 0.4) is 0 Å². The third-order valence-electron chi connectivity index (χ3n) is 4.38. The number of hydrogen-bond donors (Lipinski definition) is 2. The lowest BCUT2D eigenvalue weighted by atomic mass is 10.1. The van der Waals surface area contributed by atoms with Crippen LogP contribution in [0, 0.1) is 0 Å². The first kappa shape index (κ1) is 16.4. The largest absolute Gasteiger partial charge is 0.493 e. The maximum atomic E-state index is 5.36. The molecule has 0 aliphatic heterocycles.